The van der Waals surface area contributed by atoms with Crippen molar-refractivity contribution in [2.75, 3.05) is 18.8 Å². The highest BCUT2D eigenvalue weighted by molar-refractivity contribution is 7.89. The molecule has 4 nitrogen and oxygen atoms in total. The zero-order valence-corrected chi connectivity index (χ0v) is 10.4. The van der Waals surface area contributed by atoms with Crippen LogP contribution in [-0.2, 0) is 10.0 Å². The van der Waals surface area contributed by atoms with Gasteiger partial charge in [0.25, 0.3) is 0 Å². The molecule has 5 heteroatoms. The molecule has 15 heavy (non-hydrogen) atoms. The smallest absolute Gasteiger partial charge is 0.211 e. The number of rotatable bonds is 5. The van der Waals surface area contributed by atoms with Gasteiger partial charge >= 0.3 is 0 Å². The van der Waals surface area contributed by atoms with E-state index in [1.54, 1.807) is 0 Å². The summed E-state index contributed by atoms with van der Waals surface area (Å²) in [5.74, 6) is 0.691. The standard InChI is InChI=1S/C10H22N2O2S/c1-3-6-15(13,14)12-8-10-5-4-9(2)11-7-10/h9-12H,3-8H2,1-2H3. The molecule has 0 saturated carbocycles. The topological polar surface area (TPSA) is 58.2 Å². The normalized spacial score (nSPS) is 27.9. The molecule has 2 atom stereocenters. The lowest BCUT2D eigenvalue weighted by atomic mass is 9.96. The molecule has 2 unspecified atom stereocenters. The summed E-state index contributed by atoms with van der Waals surface area (Å²) < 4.78 is 25.5. The first kappa shape index (κ1) is 12.9. The van der Waals surface area contributed by atoms with Crippen molar-refractivity contribution in [3.63, 3.8) is 0 Å². The Morgan fingerprint density at radius 2 is 2.13 bits per heavy atom. The molecule has 0 aliphatic carbocycles. The van der Waals surface area contributed by atoms with Crippen molar-refractivity contribution < 1.29 is 8.42 Å². The second kappa shape index (κ2) is 5.82. The quantitative estimate of drug-likeness (QED) is 0.736. The predicted molar refractivity (Wildman–Crippen MR) is 62.3 cm³/mol. The lowest BCUT2D eigenvalue weighted by Crippen LogP contribution is -2.42. The minimum Gasteiger partial charge on any atom is -0.314 e. The summed E-state index contributed by atoms with van der Waals surface area (Å²) in [6, 6.07) is 0.577. The van der Waals surface area contributed by atoms with E-state index in [9.17, 15) is 8.42 Å². The van der Waals surface area contributed by atoms with E-state index in [2.05, 4.69) is 17.0 Å². The van der Waals surface area contributed by atoms with Gasteiger partial charge in [0.2, 0.25) is 10.0 Å². The van der Waals surface area contributed by atoms with Crippen molar-refractivity contribution in [1.82, 2.24) is 10.0 Å². The van der Waals surface area contributed by atoms with Crippen LogP contribution in [0.2, 0.25) is 0 Å². The number of hydrogen-bond donors (Lipinski definition) is 2. The zero-order valence-electron chi connectivity index (χ0n) is 9.62. The van der Waals surface area contributed by atoms with Crippen molar-refractivity contribution in [3.05, 3.63) is 0 Å². The van der Waals surface area contributed by atoms with Gasteiger partial charge in [-0.25, -0.2) is 13.1 Å². The monoisotopic (exact) mass is 234 g/mol. The maximum atomic E-state index is 11.4. The predicted octanol–water partition coefficient (Wildman–Crippen LogP) is 0.704. The number of hydrogen-bond acceptors (Lipinski definition) is 3. The highest BCUT2D eigenvalue weighted by Crippen LogP contribution is 2.13. The zero-order chi connectivity index (χ0) is 11.3. The maximum Gasteiger partial charge on any atom is 0.211 e. The van der Waals surface area contributed by atoms with E-state index in [1.165, 1.54) is 0 Å². The first-order valence-corrected chi connectivity index (χ1v) is 7.39. The van der Waals surface area contributed by atoms with Crippen LogP contribution in [0.1, 0.15) is 33.1 Å². The molecule has 0 aromatic heterocycles. The number of piperidine rings is 1. The van der Waals surface area contributed by atoms with Gasteiger partial charge in [0.15, 0.2) is 0 Å². The van der Waals surface area contributed by atoms with E-state index in [0.29, 0.717) is 24.9 Å². The molecule has 1 aliphatic rings. The van der Waals surface area contributed by atoms with E-state index in [4.69, 9.17) is 0 Å². The first-order chi connectivity index (χ1) is 7.03. The number of nitrogens with one attached hydrogen (secondary N) is 2. The molecule has 90 valence electrons. The third-order valence-electron chi connectivity index (χ3n) is 2.83. The van der Waals surface area contributed by atoms with Gasteiger partial charge in [0, 0.05) is 12.6 Å². The Kier molecular flexibility index (Phi) is 5.02. The molecule has 0 aromatic carbocycles. The maximum absolute atomic E-state index is 11.4. The average molecular weight is 234 g/mol. The first-order valence-electron chi connectivity index (χ1n) is 5.74. The Hall–Kier alpha value is -0.130. The molecule has 0 spiro atoms. The summed E-state index contributed by atoms with van der Waals surface area (Å²) in [5, 5.41) is 3.37. The Balaban J connectivity index is 2.25. The Labute approximate surface area is 92.9 Å². The van der Waals surface area contributed by atoms with Crippen LogP contribution in [0.5, 0.6) is 0 Å². The van der Waals surface area contributed by atoms with Crippen molar-refractivity contribution >= 4 is 10.0 Å². The summed E-state index contributed by atoms with van der Waals surface area (Å²) >= 11 is 0. The van der Waals surface area contributed by atoms with Gasteiger partial charge in [0.1, 0.15) is 0 Å². The molecular weight excluding hydrogens is 212 g/mol. The van der Waals surface area contributed by atoms with Gasteiger partial charge in [-0.1, -0.05) is 6.92 Å². The summed E-state index contributed by atoms with van der Waals surface area (Å²) in [6.07, 6.45) is 2.93. The average Bonchev–Trinajstić information content (AvgIpc) is 2.17. The molecule has 0 aromatic rings. The minimum absolute atomic E-state index is 0.240. The molecule has 0 radical (unpaired) electrons. The van der Waals surface area contributed by atoms with Gasteiger partial charge in [-0.2, -0.15) is 0 Å². The van der Waals surface area contributed by atoms with E-state index in [0.717, 1.165) is 19.4 Å². The second-order valence-electron chi connectivity index (χ2n) is 4.42. The van der Waals surface area contributed by atoms with E-state index < -0.39 is 10.0 Å². The van der Waals surface area contributed by atoms with Gasteiger partial charge in [-0.3, -0.25) is 0 Å². The summed E-state index contributed by atoms with van der Waals surface area (Å²) in [6.45, 7) is 5.55. The fourth-order valence-corrected chi connectivity index (χ4v) is 2.99. The van der Waals surface area contributed by atoms with Crippen LogP contribution < -0.4 is 10.0 Å². The minimum atomic E-state index is -3.02. The molecular formula is C10H22N2O2S. The molecule has 1 saturated heterocycles. The van der Waals surface area contributed by atoms with E-state index in [1.807, 2.05) is 6.92 Å². The molecule has 1 aliphatic heterocycles. The van der Waals surface area contributed by atoms with Crippen LogP contribution in [0, 0.1) is 5.92 Å². The third-order valence-corrected chi connectivity index (χ3v) is 4.38. The Morgan fingerprint density at radius 1 is 1.40 bits per heavy atom. The van der Waals surface area contributed by atoms with Crippen LogP contribution in [-0.4, -0.2) is 33.3 Å². The van der Waals surface area contributed by atoms with Crippen LogP contribution >= 0.6 is 0 Å². The molecule has 1 fully saturated rings. The van der Waals surface area contributed by atoms with E-state index >= 15 is 0 Å². The third kappa shape index (κ3) is 4.95. The summed E-state index contributed by atoms with van der Waals surface area (Å²) in [5.41, 5.74) is 0. The van der Waals surface area contributed by atoms with Crippen LogP contribution in [0.25, 0.3) is 0 Å². The second-order valence-corrected chi connectivity index (χ2v) is 6.35. The molecule has 0 bridgehead atoms. The molecule has 1 rings (SSSR count). The van der Waals surface area contributed by atoms with Gasteiger partial charge < -0.3 is 5.32 Å². The van der Waals surface area contributed by atoms with Crippen molar-refractivity contribution in [1.29, 1.82) is 0 Å². The molecule has 2 N–H and O–H groups in total. The van der Waals surface area contributed by atoms with Gasteiger partial charge in [0.05, 0.1) is 5.75 Å². The highest BCUT2D eigenvalue weighted by Gasteiger charge is 2.19. The van der Waals surface area contributed by atoms with Gasteiger partial charge in [-0.15, -0.1) is 0 Å². The van der Waals surface area contributed by atoms with Crippen molar-refractivity contribution in [2.24, 2.45) is 5.92 Å². The SMILES string of the molecule is CCCS(=O)(=O)NCC1CCC(C)NC1. The largest absolute Gasteiger partial charge is 0.314 e. The fourth-order valence-electron chi connectivity index (χ4n) is 1.82. The summed E-state index contributed by atoms with van der Waals surface area (Å²) in [4.78, 5) is 0. The fraction of sp³-hybridized carbons (Fsp3) is 1.00. The van der Waals surface area contributed by atoms with Crippen LogP contribution in [0.4, 0.5) is 0 Å². The molecule has 1 heterocycles. The Morgan fingerprint density at radius 3 is 2.67 bits per heavy atom. The van der Waals surface area contributed by atoms with Gasteiger partial charge in [-0.05, 0) is 38.6 Å². The highest BCUT2D eigenvalue weighted by atomic mass is 32.2. The summed E-state index contributed by atoms with van der Waals surface area (Å²) in [7, 11) is -3.02. The van der Waals surface area contributed by atoms with Crippen LogP contribution in [0.3, 0.4) is 0 Å². The Bertz CT molecular complexity index is 269. The molecule has 0 amide bonds. The van der Waals surface area contributed by atoms with Crippen LogP contribution in [0.15, 0.2) is 0 Å². The van der Waals surface area contributed by atoms with E-state index in [-0.39, 0.29) is 5.75 Å². The number of sulfonamides is 1. The lowest BCUT2D eigenvalue weighted by molar-refractivity contribution is 0.323. The lowest BCUT2D eigenvalue weighted by Gasteiger charge is -2.27. The van der Waals surface area contributed by atoms with Crippen molar-refractivity contribution in [2.45, 2.75) is 39.2 Å². The van der Waals surface area contributed by atoms with Crippen molar-refractivity contribution in [3.8, 4) is 0 Å².